The van der Waals surface area contributed by atoms with Gasteiger partial charge in [0.05, 0.1) is 18.8 Å². The zero-order valence-electron chi connectivity index (χ0n) is 14.0. The predicted molar refractivity (Wildman–Crippen MR) is 85.8 cm³/mol. The molecule has 0 aliphatic rings. The molecule has 0 radical (unpaired) electrons. The van der Waals surface area contributed by atoms with Gasteiger partial charge in [0.2, 0.25) is 0 Å². The van der Waals surface area contributed by atoms with Crippen molar-refractivity contribution in [3.63, 3.8) is 0 Å². The molecule has 0 saturated heterocycles. The minimum atomic E-state index is -1.45. The summed E-state index contributed by atoms with van der Waals surface area (Å²) >= 11 is 0. The zero-order chi connectivity index (χ0) is 18.4. The van der Waals surface area contributed by atoms with Crippen LogP contribution in [0.3, 0.4) is 0 Å². The highest BCUT2D eigenvalue weighted by molar-refractivity contribution is 5.94. The molecule has 1 N–H and O–H groups in total. The minimum absolute atomic E-state index is 0.00598. The van der Waals surface area contributed by atoms with Gasteiger partial charge in [-0.25, -0.2) is 4.79 Å². The van der Waals surface area contributed by atoms with E-state index in [4.69, 9.17) is 4.74 Å². The van der Waals surface area contributed by atoms with Crippen LogP contribution in [0.5, 0.6) is 0 Å². The number of aromatic amines is 1. The third kappa shape index (κ3) is 4.47. The van der Waals surface area contributed by atoms with Crippen molar-refractivity contribution in [3.05, 3.63) is 58.4 Å². The second kappa shape index (κ2) is 8.14. The van der Waals surface area contributed by atoms with Crippen LogP contribution in [-0.2, 0) is 27.3 Å². The molecule has 7 nitrogen and oxygen atoms in total. The van der Waals surface area contributed by atoms with Crippen LogP contribution in [0.1, 0.15) is 44.1 Å². The lowest BCUT2D eigenvalue weighted by Crippen LogP contribution is -2.24. The first-order valence-electron chi connectivity index (χ1n) is 7.64. The first-order valence-corrected chi connectivity index (χ1v) is 7.64. The fourth-order valence-corrected chi connectivity index (χ4v) is 2.45. The van der Waals surface area contributed by atoms with Gasteiger partial charge < -0.3 is 24.4 Å². The molecule has 132 valence electrons. The number of carbonyl (C=O) groups excluding carboxylic acids is 3. The Kier molecular flexibility index (Phi) is 5.94. The number of hydrogen-bond acceptors (Lipinski definition) is 6. The molecule has 2 aromatic rings. The van der Waals surface area contributed by atoms with Crippen molar-refractivity contribution < 1.29 is 29.0 Å². The topological polar surface area (TPSA) is 109 Å². The molecule has 1 heterocycles. The molecule has 0 aliphatic heterocycles. The fourth-order valence-electron chi connectivity index (χ4n) is 2.45. The Hall–Kier alpha value is -3.09. The number of benzene rings is 1. The van der Waals surface area contributed by atoms with Gasteiger partial charge in [0.25, 0.3) is 0 Å². The third-order valence-corrected chi connectivity index (χ3v) is 3.81. The van der Waals surface area contributed by atoms with Crippen LogP contribution < -0.4 is 5.11 Å². The molecule has 0 aliphatic carbocycles. The van der Waals surface area contributed by atoms with Crippen molar-refractivity contribution in [1.82, 2.24) is 4.98 Å². The molecule has 0 bridgehead atoms. The summed E-state index contributed by atoms with van der Waals surface area (Å²) in [6.45, 7) is 1.66. The van der Waals surface area contributed by atoms with E-state index in [-0.39, 0.29) is 30.8 Å². The number of carboxylic acids is 1. The molecule has 25 heavy (non-hydrogen) atoms. The van der Waals surface area contributed by atoms with Crippen molar-refractivity contribution in [1.29, 1.82) is 0 Å². The second-order valence-electron chi connectivity index (χ2n) is 5.40. The summed E-state index contributed by atoms with van der Waals surface area (Å²) in [6.07, 6.45) is 0.109. The van der Waals surface area contributed by atoms with Crippen LogP contribution in [0, 0.1) is 6.92 Å². The fraction of sp³-hybridized carbons (Fsp3) is 0.278. The van der Waals surface area contributed by atoms with Crippen LogP contribution in [0.15, 0.2) is 30.3 Å². The van der Waals surface area contributed by atoms with E-state index in [0.717, 1.165) is 5.56 Å². The number of nitrogens with one attached hydrogen (secondary N) is 1. The van der Waals surface area contributed by atoms with E-state index in [1.807, 2.05) is 30.3 Å². The molecule has 0 fully saturated rings. The number of ether oxygens (including phenoxy) is 2. The number of carboxylic acid groups (broad SMARTS) is 1. The Morgan fingerprint density at radius 2 is 1.80 bits per heavy atom. The van der Waals surface area contributed by atoms with Gasteiger partial charge in [0, 0.05) is 6.42 Å². The van der Waals surface area contributed by atoms with E-state index in [9.17, 15) is 19.5 Å². The molecule has 1 aromatic heterocycles. The maximum Gasteiger partial charge on any atom is 0.355 e. The van der Waals surface area contributed by atoms with Crippen LogP contribution >= 0.6 is 0 Å². The Bertz CT molecular complexity index is 778. The minimum Gasteiger partial charge on any atom is -0.543 e. The normalized spacial score (nSPS) is 10.3. The predicted octanol–water partition coefficient (Wildman–Crippen LogP) is 1.15. The third-order valence-electron chi connectivity index (χ3n) is 3.81. The number of aromatic nitrogens is 1. The molecule has 0 amide bonds. The molecule has 0 unspecified atom stereocenters. The lowest BCUT2D eigenvalue weighted by atomic mass is 10.0. The highest BCUT2D eigenvalue weighted by atomic mass is 16.5. The zero-order valence-corrected chi connectivity index (χ0v) is 14.0. The number of aromatic carboxylic acids is 1. The van der Waals surface area contributed by atoms with Gasteiger partial charge in [-0.05, 0) is 30.0 Å². The first kappa shape index (κ1) is 18.3. The average Bonchev–Trinajstić information content (AvgIpc) is 2.95. The van der Waals surface area contributed by atoms with Gasteiger partial charge in [-0.1, -0.05) is 30.3 Å². The summed E-state index contributed by atoms with van der Waals surface area (Å²) in [5.74, 6) is -2.60. The molecule has 1 aromatic carbocycles. The lowest BCUT2D eigenvalue weighted by molar-refractivity contribution is -0.255. The Morgan fingerprint density at radius 1 is 1.12 bits per heavy atom. The highest BCUT2D eigenvalue weighted by Gasteiger charge is 2.21. The number of methoxy groups -OCH3 is 1. The second-order valence-corrected chi connectivity index (χ2v) is 5.40. The number of H-pyrrole nitrogens is 1. The van der Waals surface area contributed by atoms with Crippen LogP contribution in [0.2, 0.25) is 0 Å². The smallest absolute Gasteiger partial charge is 0.355 e. The van der Waals surface area contributed by atoms with E-state index in [1.165, 1.54) is 7.11 Å². The number of carbonyl (C=O) groups is 3. The van der Waals surface area contributed by atoms with E-state index in [0.29, 0.717) is 11.1 Å². The van der Waals surface area contributed by atoms with Gasteiger partial charge in [0.15, 0.2) is 0 Å². The van der Waals surface area contributed by atoms with E-state index in [1.54, 1.807) is 6.92 Å². The Labute approximate surface area is 144 Å². The average molecular weight is 344 g/mol. The summed E-state index contributed by atoms with van der Waals surface area (Å²) in [6, 6.07) is 9.11. The summed E-state index contributed by atoms with van der Waals surface area (Å²) in [5.41, 5.74) is 1.37. The number of esters is 2. The summed E-state index contributed by atoms with van der Waals surface area (Å²) in [5, 5.41) is 11.3. The highest BCUT2D eigenvalue weighted by Crippen LogP contribution is 2.21. The quantitative estimate of drug-likeness (QED) is 0.755. The van der Waals surface area contributed by atoms with Crippen molar-refractivity contribution in [2.24, 2.45) is 0 Å². The maximum atomic E-state index is 12.3. The van der Waals surface area contributed by atoms with Gasteiger partial charge in [-0.3, -0.25) is 4.79 Å². The van der Waals surface area contributed by atoms with Gasteiger partial charge >= 0.3 is 11.9 Å². The monoisotopic (exact) mass is 344 g/mol. The lowest BCUT2D eigenvalue weighted by Gasteiger charge is -2.05. The van der Waals surface area contributed by atoms with Gasteiger partial charge in [0.1, 0.15) is 12.3 Å². The van der Waals surface area contributed by atoms with E-state index < -0.39 is 17.9 Å². The largest absolute Gasteiger partial charge is 0.543 e. The van der Waals surface area contributed by atoms with Crippen LogP contribution in [0.25, 0.3) is 0 Å². The van der Waals surface area contributed by atoms with Crippen LogP contribution in [0.4, 0.5) is 0 Å². The standard InChI is InChI=1S/C18H19NO6/c1-11-13(8-9-14(20)24-2)16(17(21)22)19-15(11)18(23)25-10-12-6-4-3-5-7-12/h3-7,19H,8-10H2,1-2H3,(H,21,22)/p-1. The van der Waals surface area contributed by atoms with Crippen molar-refractivity contribution >= 4 is 17.9 Å². The molecule has 7 heteroatoms. The molecule has 0 spiro atoms. The molecular weight excluding hydrogens is 326 g/mol. The summed E-state index contributed by atoms with van der Waals surface area (Å²) in [4.78, 5) is 37.4. The maximum absolute atomic E-state index is 12.3. The van der Waals surface area contributed by atoms with Crippen LogP contribution in [-0.4, -0.2) is 30.0 Å². The molecule has 0 atom stereocenters. The molecular formula is C18H18NO6-. The van der Waals surface area contributed by atoms with E-state index in [2.05, 4.69) is 9.72 Å². The van der Waals surface area contributed by atoms with E-state index >= 15 is 0 Å². The number of rotatable bonds is 7. The van der Waals surface area contributed by atoms with Gasteiger partial charge in [-0.2, -0.15) is 0 Å². The first-order chi connectivity index (χ1) is 11.9. The summed E-state index contributed by atoms with van der Waals surface area (Å²) < 4.78 is 9.76. The Balaban J connectivity index is 2.18. The SMILES string of the molecule is COC(=O)CCc1c(C(=O)[O-])[nH]c(C(=O)OCc2ccccc2)c1C. The number of hydrogen-bond donors (Lipinski definition) is 1. The van der Waals surface area contributed by atoms with Crippen molar-refractivity contribution in [2.45, 2.75) is 26.4 Å². The van der Waals surface area contributed by atoms with Crippen molar-refractivity contribution in [2.75, 3.05) is 7.11 Å². The molecule has 0 saturated carbocycles. The van der Waals surface area contributed by atoms with Crippen molar-refractivity contribution in [3.8, 4) is 0 Å². The molecule has 2 rings (SSSR count). The van der Waals surface area contributed by atoms with Gasteiger partial charge in [-0.15, -0.1) is 0 Å². The summed E-state index contributed by atoms with van der Waals surface area (Å²) in [7, 11) is 1.25. The Morgan fingerprint density at radius 3 is 2.40 bits per heavy atom.